The Hall–Kier alpha value is -0.310. The molecule has 0 radical (unpaired) electrons. The predicted molar refractivity (Wildman–Crippen MR) is 43.8 cm³/mol. The standard InChI is InChI=1S/C7H14O2S/c1-4-7(2)5-6-10(3,8)9/h5H,4,6H2,1-3H3/b7-5-. The summed E-state index contributed by atoms with van der Waals surface area (Å²) in [7, 11) is -2.81. The highest BCUT2D eigenvalue weighted by Gasteiger charge is 1.96. The summed E-state index contributed by atoms with van der Waals surface area (Å²) in [6.07, 6.45) is 3.93. The molecule has 0 aliphatic carbocycles. The molecule has 0 saturated heterocycles. The maximum atomic E-state index is 10.6. The van der Waals surface area contributed by atoms with Gasteiger partial charge in [0.2, 0.25) is 0 Å². The quantitative estimate of drug-likeness (QED) is 0.588. The van der Waals surface area contributed by atoms with Crippen molar-refractivity contribution in [2.75, 3.05) is 12.0 Å². The van der Waals surface area contributed by atoms with Gasteiger partial charge in [-0.25, -0.2) is 8.42 Å². The third kappa shape index (κ3) is 5.82. The molecule has 0 fully saturated rings. The molecule has 60 valence electrons. The third-order valence-electron chi connectivity index (χ3n) is 1.29. The molecule has 0 aromatic rings. The molecule has 0 aliphatic rings. The Morgan fingerprint density at radius 3 is 2.30 bits per heavy atom. The lowest BCUT2D eigenvalue weighted by molar-refractivity contribution is 0.604. The smallest absolute Gasteiger partial charge is 0.151 e. The molecule has 3 heteroatoms. The van der Waals surface area contributed by atoms with Gasteiger partial charge in [-0.1, -0.05) is 18.6 Å². The van der Waals surface area contributed by atoms with E-state index in [0.717, 1.165) is 12.0 Å². The molecule has 0 saturated carbocycles. The number of hydrogen-bond acceptors (Lipinski definition) is 2. The van der Waals surface area contributed by atoms with E-state index in [1.165, 1.54) is 6.26 Å². The molecule has 0 unspecified atom stereocenters. The first-order valence-electron chi connectivity index (χ1n) is 3.29. The van der Waals surface area contributed by atoms with Gasteiger partial charge in [-0.2, -0.15) is 0 Å². The maximum absolute atomic E-state index is 10.6. The van der Waals surface area contributed by atoms with Crippen molar-refractivity contribution >= 4 is 9.84 Å². The second-order valence-corrected chi connectivity index (χ2v) is 4.68. The summed E-state index contributed by atoms with van der Waals surface area (Å²) in [5.41, 5.74) is 1.13. The van der Waals surface area contributed by atoms with Gasteiger partial charge in [-0.15, -0.1) is 0 Å². The van der Waals surface area contributed by atoms with E-state index >= 15 is 0 Å². The molecule has 0 N–H and O–H groups in total. The minimum absolute atomic E-state index is 0.173. The van der Waals surface area contributed by atoms with Gasteiger partial charge in [-0.05, 0) is 13.3 Å². The molecular formula is C7H14O2S. The minimum Gasteiger partial charge on any atom is -0.229 e. The van der Waals surface area contributed by atoms with Crippen molar-refractivity contribution in [1.82, 2.24) is 0 Å². The van der Waals surface area contributed by atoms with E-state index in [-0.39, 0.29) is 5.75 Å². The van der Waals surface area contributed by atoms with E-state index in [1.54, 1.807) is 6.08 Å². The van der Waals surface area contributed by atoms with Crippen molar-refractivity contribution in [3.05, 3.63) is 11.6 Å². The Morgan fingerprint density at radius 2 is 2.00 bits per heavy atom. The Labute approximate surface area is 62.9 Å². The van der Waals surface area contributed by atoms with Gasteiger partial charge < -0.3 is 0 Å². The molecule has 0 heterocycles. The Balaban J connectivity index is 3.98. The minimum atomic E-state index is -2.81. The normalized spacial score (nSPS) is 13.7. The summed E-state index contributed by atoms with van der Waals surface area (Å²) in [6, 6.07) is 0. The van der Waals surface area contributed by atoms with Crippen LogP contribution in [0.5, 0.6) is 0 Å². The molecule has 10 heavy (non-hydrogen) atoms. The lowest BCUT2D eigenvalue weighted by Gasteiger charge is -1.93. The van der Waals surface area contributed by atoms with Crippen molar-refractivity contribution in [2.45, 2.75) is 20.3 Å². The predicted octanol–water partition coefficient (Wildman–Crippen LogP) is 1.39. The Bertz CT molecular complexity index is 212. The average Bonchev–Trinajstić information content (AvgIpc) is 1.81. The highest BCUT2D eigenvalue weighted by molar-refractivity contribution is 7.90. The number of rotatable bonds is 3. The van der Waals surface area contributed by atoms with E-state index in [2.05, 4.69) is 0 Å². The van der Waals surface area contributed by atoms with E-state index in [9.17, 15) is 8.42 Å². The van der Waals surface area contributed by atoms with Crippen LogP contribution in [-0.4, -0.2) is 20.4 Å². The molecule has 0 aromatic heterocycles. The van der Waals surface area contributed by atoms with Crippen LogP contribution in [0.1, 0.15) is 20.3 Å². The lowest BCUT2D eigenvalue weighted by Crippen LogP contribution is -1.99. The second kappa shape index (κ2) is 3.76. The van der Waals surface area contributed by atoms with Crippen LogP contribution in [0, 0.1) is 0 Å². The molecule has 0 bridgehead atoms. The van der Waals surface area contributed by atoms with Gasteiger partial charge in [0.25, 0.3) is 0 Å². The number of allylic oxidation sites excluding steroid dienone is 1. The van der Waals surface area contributed by atoms with Gasteiger partial charge >= 0.3 is 0 Å². The first-order chi connectivity index (χ1) is 4.45. The Morgan fingerprint density at radius 1 is 1.50 bits per heavy atom. The number of hydrogen-bond donors (Lipinski definition) is 0. The summed E-state index contributed by atoms with van der Waals surface area (Å²) in [6.45, 7) is 3.94. The summed E-state index contributed by atoms with van der Waals surface area (Å²) in [4.78, 5) is 0. The van der Waals surface area contributed by atoms with E-state index in [1.807, 2.05) is 13.8 Å². The first kappa shape index (κ1) is 9.69. The van der Waals surface area contributed by atoms with Crippen LogP contribution < -0.4 is 0 Å². The SMILES string of the molecule is CC/C(C)=C\CS(C)(=O)=O. The fraction of sp³-hybridized carbons (Fsp3) is 0.714. The van der Waals surface area contributed by atoms with E-state index in [0.29, 0.717) is 0 Å². The fourth-order valence-electron chi connectivity index (χ4n) is 0.438. The van der Waals surface area contributed by atoms with Crippen molar-refractivity contribution in [3.63, 3.8) is 0 Å². The van der Waals surface area contributed by atoms with E-state index < -0.39 is 9.84 Å². The third-order valence-corrected chi connectivity index (χ3v) is 2.06. The van der Waals surface area contributed by atoms with Crippen LogP contribution in [0.2, 0.25) is 0 Å². The number of sulfone groups is 1. The highest BCUT2D eigenvalue weighted by Crippen LogP contribution is 1.98. The zero-order chi connectivity index (χ0) is 8.20. The summed E-state index contributed by atoms with van der Waals surface area (Å²) >= 11 is 0. The molecule has 0 aromatic carbocycles. The average molecular weight is 162 g/mol. The van der Waals surface area contributed by atoms with Crippen LogP contribution >= 0.6 is 0 Å². The topological polar surface area (TPSA) is 34.1 Å². The van der Waals surface area contributed by atoms with Gasteiger partial charge in [-0.3, -0.25) is 0 Å². The van der Waals surface area contributed by atoms with Gasteiger partial charge in [0.05, 0.1) is 5.75 Å². The van der Waals surface area contributed by atoms with Crippen LogP contribution in [0.15, 0.2) is 11.6 Å². The largest absolute Gasteiger partial charge is 0.229 e. The lowest BCUT2D eigenvalue weighted by atomic mass is 10.2. The molecule has 0 rings (SSSR count). The molecule has 0 aliphatic heterocycles. The van der Waals surface area contributed by atoms with Gasteiger partial charge in [0.1, 0.15) is 0 Å². The Kier molecular flexibility index (Phi) is 3.64. The first-order valence-corrected chi connectivity index (χ1v) is 5.35. The fourth-order valence-corrected chi connectivity index (χ4v) is 1.03. The second-order valence-electron chi connectivity index (χ2n) is 2.50. The van der Waals surface area contributed by atoms with Crippen molar-refractivity contribution in [3.8, 4) is 0 Å². The zero-order valence-corrected chi connectivity index (χ0v) is 7.53. The van der Waals surface area contributed by atoms with Crippen molar-refractivity contribution < 1.29 is 8.42 Å². The van der Waals surface area contributed by atoms with Crippen LogP contribution in [0.3, 0.4) is 0 Å². The highest BCUT2D eigenvalue weighted by atomic mass is 32.2. The summed E-state index contributed by atoms with van der Waals surface area (Å²) in [5.74, 6) is 0.173. The van der Waals surface area contributed by atoms with Crippen LogP contribution in [0.25, 0.3) is 0 Å². The molecule has 0 amide bonds. The zero-order valence-electron chi connectivity index (χ0n) is 6.72. The van der Waals surface area contributed by atoms with Gasteiger partial charge in [0.15, 0.2) is 9.84 Å². The molecular weight excluding hydrogens is 148 g/mol. The van der Waals surface area contributed by atoms with E-state index in [4.69, 9.17) is 0 Å². The molecule has 0 atom stereocenters. The molecule has 0 spiro atoms. The monoisotopic (exact) mass is 162 g/mol. The summed E-state index contributed by atoms with van der Waals surface area (Å²) in [5, 5.41) is 0. The van der Waals surface area contributed by atoms with Crippen LogP contribution in [0.4, 0.5) is 0 Å². The van der Waals surface area contributed by atoms with Gasteiger partial charge in [0, 0.05) is 6.26 Å². The maximum Gasteiger partial charge on any atom is 0.151 e. The summed E-state index contributed by atoms with van der Waals surface area (Å²) < 4.78 is 21.2. The van der Waals surface area contributed by atoms with Crippen LogP contribution in [-0.2, 0) is 9.84 Å². The van der Waals surface area contributed by atoms with Crippen molar-refractivity contribution in [1.29, 1.82) is 0 Å². The van der Waals surface area contributed by atoms with Crippen molar-refractivity contribution in [2.24, 2.45) is 0 Å². The molecule has 2 nitrogen and oxygen atoms in total.